The highest BCUT2D eigenvalue weighted by Gasteiger charge is 2.14. The number of rotatable bonds is 5. The lowest BCUT2D eigenvalue weighted by Crippen LogP contribution is -2.34. The van der Waals surface area contributed by atoms with Crippen LogP contribution in [0.4, 0.5) is 5.13 Å². The second-order valence-corrected chi connectivity index (χ2v) is 6.97. The van der Waals surface area contributed by atoms with Gasteiger partial charge in [0.15, 0.2) is 10.2 Å². The lowest BCUT2D eigenvalue weighted by Gasteiger charge is -2.09. The Hall–Kier alpha value is -3.04. The second kappa shape index (κ2) is 8.77. The lowest BCUT2D eigenvalue weighted by molar-refractivity contribution is 0.0526. The number of hydrogen-bond donors (Lipinski definition) is 2. The zero-order valence-corrected chi connectivity index (χ0v) is 16.8. The molecule has 0 fully saturated rings. The Morgan fingerprint density at radius 2 is 2.00 bits per heavy atom. The number of fused-ring (bicyclic) bond motifs is 1. The molecule has 0 atom stereocenters. The Bertz CT molecular complexity index is 1050. The van der Waals surface area contributed by atoms with Gasteiger partial charge in [0.25, 0.3) is 5.91 Å². The SMILES string of the molecule is CCOC(=O)c1ccc2nc(NC(=S)NC(=O)c3ccccc3OC)sc2c1. The van der Waals surface area contributed by atoms with Gasteiger partial charge in [-0.15, -0.1) is 0 Å². The Labute approximate surface area is 170 Å². The molecule has 1 amide bonds. The first-order chi connectivity index (χ1) is 13.5. The van der Waals surface area contributed by atoms with Crippen LogP contribution in [0.25, 0.3) is 10.2 Å². The van der Waals surface area contributed by atoms with Gasteiger partial charge < -0.3 is 14.8 Å². The van der Waals surface area contributed by atoms with Crippen molar-refractivity contribution in [3.63, 3.8) is 0 Å². The highest BCUT2D eigenvalue weighted by Crippen LogP contribution is 2.27. The summed E-state index contributed by atoms with van der Waals surface area (Å²) in [5, 5.41) is 6.11. The molecular formula is C19H17N3O4S2. The Morgan fingerprint density at radius 1 is 1.21 bits per heavy atom. The van der Waals surface area contributed by atoms with E-state index in [1.54, 1.807) is 49.4 Å². The molecule has 0 saturated carbocycles. The number of thiocarbonyl (C=S) groups is 1. The summed E-state index contributed by atoms with van der Waals surface area (Å²) >= 11 is 6.52. The number of amides is 1. The largest absolute Gasteiger partial charge is 0.496 e. The van der Waals surface area contributed by atoms with Crippen molar-refractivity contribution in [1.82, 2.24) is 10.3 Å². The summed E-state index contributed by atoms with van der Waals surface area (Å²) < 4.78 is 11.0. The first kappa shape index (κ1) is 19.7. The number of nitrogens with one attached hydrogen (secondary N) is 2. The van der Waals surface area contributed by atoms with E-state index in [-0.39, 0.29) is 17.0 Å². The highest BCUT2D eigenvalue weighted by atomic mass is 32.1. The third kappa shape index (κ3) is 4.44. The van der Waals surface area contributed by atoms with Gasteiger partial charge in [0.1, 0.15) is 5.75 Å². The maximum Gasteiger partial charge on any atom is 0.338 e. The monoisotopic (exact) mass is 415 g/mol. The van der Waals surface area contributed by atoms with E-state index in [1.807, 2.05) is 0 Å². The number of carbonyl (C=O) groups excluding carboxylic acids is 2. The van der Waals surface area contributed by atoms with E-state index in [0.29, 0.717) is 34.1 Å². The van der Waals surface area contributed by atoms with E-state index in [9.17, 15) is 9.59 Å². The molecule has 2 aromatic carbocycles. The first-order valence-corrected chi connectivity index (χ1v) is 9.57. The fraction of sp³-hybridized carbons (Fsp3) is 0.158. The summed E-state index contributed by atoms with van der Waals surface area (Å²) in [6.07, 6.45) is 0. The summed E-state index contributed by atoms with van der Waals surface area (Å²) in [5.74, 6) is -0.318. The number of hydrogen-bond acceptors (Lipinski definition) is 7. The number of esters is 1. The predicted molar refractivity (Wildman–Crippen MR) is 112 cm³/mol. The van der Waals surface area contributed by atoms with Crippen molar-refractivity contribution in [1.29, 1.82) is 0 Å². The zero-order chi connectivity index (χ0) is 20.1. The van der Waals surface area contributed by atoms with Crippen LogP contribution in [0, 0.1) is 0 Å². The van der Waals surface area contributed by atoms with Crippen molar-refractivity contribution in [3.05, 3.63) is 53.6 Å². The molecule has 28 heavy (non-hydrogen) atoms. The molecule has 1 heterocycles. The summed E-state index contributed by atoms with van der Waals surface area (Å²) in [6.45, 7) is 2.07. The van der Waals surface area contributed by atoms with Gasteiger partial charge in [0.2, 0.25) is 0 Å². The quantitative estimate of drug-likeness (QED) is 0.486. The van der Waals surface area contributed by atoms with E-state index in [2.05, 4.69) is 15.6 Å². The molecule has 0 spiro atoms. The smallest absolute Gasteiger partial charge is 0.338 e. The van der Waals surface area contributed by atoms with E-state index >= 15 is 0 Å². The van der Waals surface area contributed by atoms with Crippen molar-refractivity contribution < 1.29 is 19.1 Å². The minimum absolute atomic E-state index is 0.112. The zero-order valence-electron chi connectivity index (χ0n) is 15.1. The van der Waals surface area contributed by atoms with Crippen molar-refractivity contribution in [2.75, 3.05) is 19.0 Å². The number of aromatic nitrogens is 1. The maximum atomic E-state index is 12.4. The van der Waals surface area contributed by atoms with Crippen molar-refractivity contribution in [2.45, 2.75) is 6.92 Å². The van der Waals surface area contributed by atoms with Crippen LogP contribution in [0.1, 0.15) is 27.6 Å². The van der Waals surface area contributed by atoms with Gasteiger partial charge in [-0.2, -0.15) is 0 Å². The van der Waals surface area contributed by atoms with Gasteiger partial charge in [0.05, 0.1) is 35.1 Å². The van der Waals surface area contributed by atoms with Gasteiger partial charge in [-0.1, -0.05) is 23.5 Å². The average Bonchev–Trinajstić information content (AvgIpc) is 3.09. The average molecular weight is 415 g/mol. The molecule has 9 heteroatoms. The summed E-state index contributed by atoms with van der Waals surface area (Å²) in [7, 11) is 1.49. The van der Waals surface area contributed by atoms with E-state index in [4.69, 9.17) is 21.7 Å². The fourth-order valence-corrected chi connectivity index (χ4v) is 3.61. The van der Waals surface area contributed by atoms with Crippen LogP contribution >= 0.6 is 23.6 Å². The molecule has 1 aromatic heterocycles. The van der Waals surface area contributed by atoms with Crippen LogP contribution in [-0.2, 0) is 4.74 Å². The van der Waals surface area contributed by atoms with Gasteiger partial charge in [-0.25, -0.2) is 9.78 Å². The van der Waals surface area contributed by atoms with Crippen LogP contribution in [0.2, 0.25) is 0 Å². The Balaban J connectivity index is 1.70. The second-order valence-electron chi connectivity index (χ2n) is 5.53. The summed E-state index contributed by atoms with van der Waals surface area (Å²) in [5.41, 5.74) is 1.54. The van der Waals surface area contributed by atoms with Crippen LogP contribution in [-0.4, -0.2) is 35.7 Å². The Morgan fingerprint density at radius 3 is 2.75 bits per heavy atom. The molecular weight excluding hydrogens is 398 g/mol. The van der Waals surface area contributed by atoms with Gasteiger partial charge in [0, 0.05) is 0 Å². The number of carbonyl (C=O) groups is 2. The molecule has 0 aliphatic carbocycles. The predicted octanol–water partition coefficient (Wildman–Crippen LogP) is 3.61. The van der Waals surface area contributed by atoms with Crippen molar-refractivity contribution >= 4 is 55.9 Å². The van der Waals surface area contributed by atoms with E-state index in [0.717, 1.165) is 4.70 Å². The van der Waals surface area contributed by atoms with Crippen LogP contribution in [0.3, 0.4) is 0 Å². The van der Waals surface area contributed by atoms with Crippen LogP contribution in [0.5, 0.6) is 5.75 Å². The van der Waals surface area contributed by atoms with Crippen molar-refractivity contribution in [2.24, 2.45) is 0 Å². The molecule has 0 aliphatic heterocycles. The molecule has 3 aromatic rings. The first-order valence-electron chi connectivity index (χ1n) is 8.35. The van der Waals surface area contributed by atoms with Crippen molar-refractivity contribution in [3.8, 4) is 5.75 Å². The van der Waals surface area contributed by atoms with Crippen LogP contribution < -0.4 is 15.4 Å². The molecule has 7 nitrogen and oxygen atoms in total. The molecule has 0 saturated heterocycles. The highest BCUT2D eigenvalue weighted by molar-refractivity contribution is 7.80. The van der Waals surface area contributed by atoms with Gasteiger partial charge in [-0.3, -0.25) is 10.1 Å². The van der Waals surface area contributed by atoms with E-state index < -0.39 is 0 Å². The molecule has 0 bridgehead atoms. The number of benzene rings is 2. The third-order valence-electron chi connectivity index (χ3n) is 3.70. The Kier molecular flexibility index (Phi) is 6.17. The number of thiazole rings is 1. The number of anilines is 1. The fourth-order valence-electron chi connectivity index (χ4n) is 2.45. The molecule has 144 valence electrons. The third-order valence-corrected chi connectivity index (χ3v) is 4.84. The molecule has 2 N–H and O–H groups in total. The molecule has 0 unspecified atom stereocenters. The minimum Gasteiger partial charge on any atom is -0.496 e. The number of para-hydroxylation sites is 1. The lowest BCUT2D eigenvalue weighted by atomic mass is 10.2. The number of methoxy groups -OCH3 is 1. The number of ether oxygens (including phenoxy) is 2. The molecule has 0 radical (unpaired) electrons. The van der Waals surface area contributed by atoms with Crippen LogP contribution in [0.15, 0.2) is 42.5 Å². The molecule has 0 aliphatic rings. The maximum absolute atomic E-state index is 12.4. The standard InChI is InChI=1S/C19H17N3O4S2/c1-3-26-17(24)11-8-9-13-15(10-11)28-19(20-13)22-18(27)21-16(23)12-6-4-5-7-14(12)25-2/h4-10H,3H2,1-2H3,(H2,20,21,22,23,27). The minimum atomic E-state index is -0.388. The number of nitrogens with zero attached hydrogens (tertiary/aromatic N) is 1. The topological polar surface area (TPSA) is 89.5 Å². The molecule has 3 rings (SSSR count). The van der Waals surface area contributed by atoms with Gasteiger partial charge >= 0.3 is 5.97 Å². The summed E-state index contributed by atoms with van der Waals surface area (Å²) in [4.78, 5) is 28.6. The van der Waals surface area contributed by atoms with E-state index in [1.165, 1.54) is 18.4 Å². The van der Waals surface area contributed by atoms with Gasteiger partial charge in [-0.05, 0) is 49.5 Å². The summed E-state index contributed by atoms with van der Waals surface area (Å²) in [6, 6.07) is 12.0. The normalized spacial score (nSPS) is 10.4.